The van der Waals surface area contributed by atoms with Crippen LogP contribution < -0.4 is 9.80 Å². The fourth-order valence-electron chi connectivity index (χ4n) is 4.24. The van der Waals surface area contributed by atoms with Gasteiger partial charge in [0.05, 0.1) is 0 Å². The Balaban J connectivity index is 1.47. The smallest absolute Gasteiger partial charge is 0.258 e. The highest BCUT2D eigenvalue weighted by molar-refractivity contribution is 6.30. The zero-order valence-electron chi connectivity index (χ0n) is 16.7. The standard InChI is InChI=1S/C23H28ClN3O/c1-17(2)25-12-14-26(15-13-25)21-8-5-18(6-9-21)23(28)27-11-3-4-19-16-20(24)7-10-22(19)27/h5-10,16-17H,3-4,11-15H2,1-2H3. The minimum atomic E-state index is 0.0689. The van der Waals surface area contributed by atoms with E-state index in [9.17, 15) is 4.79 Å². The van der Waals surface area contributed by atoms with E-state index in [1.807, 2.05) is 35.2 Å². The van der Waals surface area contributed by atoms with Crippen molar-refractivity contribution in [3.05, 3.63) is 58.6 Å². The minimum Gasteiger partial charge on any atom is -0.369 e. The molecular weight excluding hydrogens is 370 g/mol. The van der Waals surface area contributed by atoms with Gasteiger partial charge in [-0.25, -0.2) is 0 Å². The molecule has 0 radical (unpaired) electrons. The summed E-state index contributed by atoms with van der Waals surface area (Å²) >= 11 is 6.13. The Morgan fingerprint density at radius 1 is 0.964 bits per heavy atom. The highest BCUT2D eigenvalue weighted by atomic mass is 35.5. The molecule has 1 saturated heterocycles. The van der Waals surface area contributed by atoms with Crippen molar-refractivity contribution in [1.82, 2.24) is 4.90 Å². The molecule has 2 aromatic carbocycles. The van der Waals surface area contributed by atoms with E-state index in [1.54, 1.807) is 0 Å². The van der Waals surface area contributed by atoms with Gasteiger partial charge in [0, 0.05) is 60.7 Å². The third-order valence-corrected chi connectivity index (χ3v) is 6.16. The molecule has 4 rings (SSSR count). The average Bonchev–Trinajstić information content (AvgIpc) is 2.73. The Bertz CT molecular complexity index is 841. The lowest BCUT2D eigenvalue weighted by Crippen LogP contribution is -2.48. The van der Waals surface area contributed by atoms with E-state index in [1.165, 1.54) is 5.69 Å². The first-order chi connectivity index (χ1) is 13.5. The van der Waals surface area contributed by atoms with Crippen molar-refractivity contribution in [3.8, 4) is 0 Å². The number of nitrogens with zero attached hydrogens (tertiary/aromatic N) is 3. The van der Waals surface area contributed by atoms with E-state index in [-0.39, 0.29) is 5.91 Å². The summed E-state index contributed by atoms with van der Waals surface area (Å²) in [4.78, 5) is 19.9. The number of hydrogen-bond acceptors (Lipinski definition) is 3. The van der Waals surface area contributed by atoms with E-state index in [4.69, 9.17) is 11.6 Å². The molecule has 148 valence electrons. The van der Waals surface area contributed by atoms with Crippen LogP contribution in [0.4, 0.5) is 11.4 Å². The van der Waals surface area contributed by atoms with Gasteiger partial charge in [0.25, 0.3) is 5.91 Å². The number of carbonyl (C=O) groups excluding carboxylic acids is 1. The number of piperazine rings is 1. The number of benzene rings is 2. The maximum absolute atomic E-state index is 13.1. The van der Waals surface area contributed by atoms with Gasteiger partial charge in [0.15, 0.2) is 0 Å². The zero-order valence-corrected chi connectivity index (χ0v) is 17.5. The largest absolute Gasteiger partial charge is 0.369 e. The van der Waals surface area contributed by atoms with Crippen molar-refractivity contribution >= 4 is 28.9 Å². The maximum atomic E-state index is 13.1. The van der Waals surface area contributed by atoms with Gasteiger partial charge in [0.1, 0.15) is 0 Å². The molecule has 0 spiro atoms. The Hall–Kier alpha value is -2.04. The SMILES string of the molecule is CC(C)N1CCN(c2ccc(C(=O)N3CCCc4cc(Cl)ccc43)cc2)CC1. The van der Waals surface area contributed by atoms with Crippen molar-refractivity contribution in [2.75, 3.05) is 42.5 Å². The number of fused-ring (bicyclic) bond motifs is 1. The third-order valence-electron chi connectivity index (χ3n) is 5.93. The molecule has 0 aliphatic carbocycles. The van der Waals surface area contributed by atoms with Gasteiger partial charge < -0.3 is 9.80 Å². The fraction of sp³-hybridized carbons (Fsp3) is 0.435. The summed E-state index contributed by atoms with van der Waals surface area (Å²) in [6.07, 6.45) is 1.94. The third kappa shape index (κ3) is 3.89. The van der Waals surface area contributed by atoms with Crippen LogP contribution in [-0.4, -0.2) is 49.6 Å². The number of anilines is 2. The van der Waals surface area contributed by atoms with Crippen LogP contribution in [0, 0.1) is 0 Å². The second kappa shape index (κ2) is 8.14. The summed E-state index contributed by atoms with van der Waals surface area (Å²) < 4.78 is 0. The summed E-state index contributed by atoms with van der Waals surface area (Å²) in [5.41, 5.74) is 4.10. The Morgan fingerprint density at radius 3 is 2.36 bits per heavy atom. The van der Waals surface area contributed by atoms with Crippen molar-refractivity contribution in [2.45, 2.75) is 32.7 Å². The minimum absolute atomic E-state index is 0.0689. The van der Waals surface area contributed by atoms with Crippen LogP contribution in [0.2, 0.25) is 5.02 Å². The number of halogens is 1. The number of aryl methyl sites for hydroxylation is 1. The summed E-state index contributed by atoms with van der Waals surface area (Å²) in [6.45, 7) is 9.51. The molecule has 28 heavy (non-hydrogen) atoms. The lowest BCUT2D eigenvalue weighted by atomic mass is 10.0. The highest BCUT2D eigenvalue weighted by Crippen LogP contribution is 2.31. The van der Waals surface area contributed by atoms with Crippen molar-refractivity contribution in [1.29, 1.82) is 0 Å². The lowest BCUT2D eigenvalue weighted by Gasteiger charge is -2.38. The van der Waals surface area contributed by atoms with E-state index in [2.05, 4.69) is 35.8 Å². The molecular formula is C23H28ClN3O. The first kappa shape index (κ1) is 19.3. The van der Waals surface area contributed by atoms with Gasteiger partial charge in [-0.2, -0.15) is 0 Å². The highest BCUT2D eigenvalue weighted by Gasteiger charge is 2.24. The average molecular weight is 398 g/mol. The monoisotopic (exact) mass is 397 g/mol. The van der Waals surface area contributed by atoms with Crippen LogP contribution in [0.15, 0.2) is 42.5 Å². The van der Waals surface area contributed by atoms with Gasteiger partial charge in [-0.1, -0.05) is 11.6 Å². The topological polar surface area (TPSA) is 26.8 Å². The van der Waals surface area contributed by atoms with E-state index in [0.717, 1.165) is 67.4 Å². The lowest BCUT2D eigenvalue weighted by molar-refractivity contribution is 0.0985. The molecule has 2 aliphatic rings. The summed E-state index contributed by atoms with van der Waals surface area (Å²) in [5, 5.41) is 0.731. The quantitative estimate of drug-likeness (QED) is 0.764. The predicted molar refractivity (Wildman–Crippen MR) is 117 cm³/mol. The molecule has 1 amide bonds. The molecule has 4 nitrogen and oxygen atoms in total. The number of amides is 1. The van der Waals surface area contributed by atoms with Gasteiger partial charge in [-0.3, -0.25) is 9.69 Å². The molecule has 0 aromatic heterocycles. The second-order valence-electron chi connectivity index (χ2n) is 8.00. The van der Waals surface area contributed by atoms with Crippen LogP contribution in [0.25, 0.3) is 0 Å². The Kier molecular flexibility index (Phi) is 5.61. The molecule has 2 heterocycles. The molecule has 0 bridgehead atoms. The normalized spacial score (nSPS) is 17.7. The molecule has 1 fully saturated rings. The molecule has 0 unspecified atom stereocenters. The van der Waals surface area contributed by atoms with Crippen LogP contribution in [0.5, 0.6) is 0 Å². The predicted octanol–water partition coefficient (Wildman–Crippen LogP) is 4.46. The van der Waals surface area contributed by atoms with E-state index < -0.39 is 0 Å². The van der Waals surface area contributed by atoms with Crippen LogP contribution in [0.1, 0.15) is 36.2 Å². The summed E-state index contributed by atoms with van der Waals surface area (Å²) in [6, 6.07) is 14.5. The van der Waals surface area contributed by atoms with Gasteiger partial charge in [-0.15, -0.1) is 0 Å². The van der Waals surface area contributed by atoms with Crippen molar-refractivity contribution in [2.24, 2.45) is 0 Å². The van der Waals surface area contributed by atoms with Crippen molar-refractivity contribution < 1.29 is 4.79 Å². The molecule has 0 N–H and O–H groups in total. The summed E-state index contributed by atoms with van der Waals surface area (Å²) in [7, 11) is 0. The second-order valence-corrected chi connectivity index (χ2v) is 8.43. The van der Waals surface area contributed by atoms with Gasteiger partial charge >= 0.3 is 0 Å². The molecule has 5 heteroatoms. The molecule has 2 aromatic rings. The number of rotatable bonds is 3. The van der Waals surface area contributed by atoms with E-state index >= 15 is 0 Å². The Labute approximate surface area is 172 Å². The van der Waals surface area contributed by atoms with Crippen molar-refractivity contribution in [3.63, 3.8) is 0 Å². The zero-order chi connectivity index (χ0) is 19.7. The van der Waals surface area contributed by atoms with Crippen LogP contribution in [0.3, 0.4) is 0 Å². The van der Waals surface area contributed by atoms with E-state index in [0.29, 0.717) is 6.04 Å². The number of carbonyl (C=O) groups is 1. The first-order valence-electron chi connectivity index (χ1n) is 10.2. The number of hydrogen-bond donors (Lipinski definition) is 0. The summed E-state index contributed by atoms with van der Waals surface area (Å²) in [5.74, 6) is 0.0689. The fourth-order valence-corrected chi connectivity index (χ4v) is 4.44. The molecule has 2 aliphatic heterocycles. The first-order valence-corrected chi connectivity index (χ1v) is 10.6. The molecule has 0 atom stereocenters. The van der Waals surface area contributed by atoms with Crippen LogP contribution in [-0.2, 0) is 6.42 Å². The van der Waals surface area contributed by atoms with Crippen LogP contribution >= 0.6 is 11.6 Å². The van der Waals surface area contributed by atoms with Gasteiger partial charge in [0.2, 0.25) is 0 Å². The molecule has 0 saturated carbocycles. The van der Waals surface area contributed by atoms with Gasteiger partial charge in [-0.05, 0) is 74.7 Å². The Morgan fingerprint density at radius 2 is 1.68 bits per heavy atom. The maximum Gasteiger partial charge on any atom is 0.258 e.